The second-order valence-corrected chi connectivity index (χ2v) is 21.8. The molecular weight excluding hydrogens is 1000 g/mol. The van der Waals surface area contributed by atoms with E-state index in [-0.39, 0.29) is 25.2 Å². The zero-order valence-corrected chi connectivity index (χ0v) is 52.9. The zero-order valence-electron chi connectivity index (χ0n) is 52.9. The molecule has 1 atom stereocenters. The Morgan fingerprint density at radius 1 is 0.293 bits per heavy atom. The van der Waals surface area contributed by atoms with Gasteiger partial charge in [0, 0.05) is 12.8 Å². The maximum atomic E-state index is 12.4. The standard InChI is InChI=1S/C77H124O5/c1-3-5-7-9-11-13-15-17-19-21-23-25-27-29-31-32-33-34-35-36-37-38-39-40-41-42-43-44-46-48-50-52-54-56-58-60-62-64-66-68-70-72-77(80)82-75(73-78)74-81-76(79)71-69-67-65-63-61-59-57-55-53-51-49-47-45-30-28-26-24-22-20-18-16-14-12-10-8-6-4-2/h5,7,11,13,16-19,22-25,28-31,33-34,36-37,39-40,42-43,46,48,52,54,75,78H,3-4,6,8-10,12,14-15,20-21,26-27,32,35,38,41,44-45,47,49-51,53,55-74H2,1-2H3/b7-5-,13-11-,18-16-,19-17-,24-22-,25-23-,30-28-,31-29-,34-33-,37-36-,40-39-,43-42-,48-46-,54-52-. The largest absolute Gasteiger partial charge is 0.462 e. The van der Waals surface area contributed by atoms with Gasteiger partial charge in [0.1, 0.15) is 6.61 Å². The zero-order chi connectivity index (χ0) is 59.1. The third kappa shape index (κ3) is 67.8. The van der Waals surface area contributed by atoms with Gasteiger partial charge in [-0.15, -0.1) is 0 Å². The molecule has 0 spiro atoms. The van der Waals surface area contributed by atoms with Gasteiger partial charge in [-0.2, -0.15) is 0 Å². The molecule has 5 heteroatoms. The minimum absolute atomic E-state index is 0.0803. The van der Waals surface area contributed by atoms with Crippen molar-refractivity contribution in [3.8, 4) is 0 Å². The van der Waals surface area contributed by atoms with E-state index in [1.807, 2.05) is 0 Å². The fourth-order valence-corrected chi connectivity index (χ4v) is 8.98. The van der Waals surface area contributed by atoms with Gasteiger partial charge < -0.3 is 14.6 Å². The molecule has 0 aliphatic heterocycles. The molecule has 0 heterocycles. The molecule has 0 rings (SSSR count). The van der Waals surface area contributed by atoms with Crippen LogP contribution in [0.4, 0.5) is 0 Å². The Kier molecular flexibility index (Phi) is 66.4. The van der Waals surface area contributed by atoms with Crippen molar-refractivity contribution in [3.05, 3.63) is 170 Å². The van der Waals surface area contributed by atoms with Crippen LogP contribution in [0.5, 0.6) is 0 Å². The molecule has 0 fully saturated rings. The summed E-state index contributed by atoms with van der Waals surface area (Å²) in [5, 5.41) is 9.69. The van der Waals surface area contributed by atoms with Crippen LogP contribution in [0.1, 0.15) is 284 Å². The van der Waals surface area contributed by atoms with Crippen molar-refractivity contribution in [3.63, 3.8) is 0 Å². The second kappa shape index (κ2) is 70.5. The van der Waals surface area contributed by atoms with E-state index in [2.05, 4.69) is 184 Å². The first-order valence-corrected chi connectivity index (χ1v) is 33.7. The monoisotopic (exact) mass is 1130 g/mol. The van der Waals surface area contributed by atoms with Gasteiger partial charge in [0.2, 0.25) is 0 Å². The summed E-state index contributed by atoms with van der Waals surface area (Å²) in [6, 6.07) is 0. The average molecular weight is 1130 g/mol. The van der Waals surface area contributed by atoms with E-state index in [0.717, 1.165) is 128 Å². The van der Waals surface area contributed by atoms with Gasteiger partial charge in [0.25, 0.3) is 0 Å². The van der Waals surface area contributed by atoms with Crippen molar-refractivity contribution in [1.29, 1.82) is 0 Å². The first kappa shape index (κ1) is 77.3. The number of aliphatic hydroxyl groups excluding tert-OH is 1. The number of esters is 2. The Labute approximate surface area is 506 Å². The molecule has 0 aromatic rings. The van der Waals surface area contributed by atoms with E-state index in [1.165, 1.54) is 128 Å². The van der Waals surface area contributed by atoms with Crippen molar-refractivity contribution < 1.29 is 24.2 Å². The number of rotatable bonds is 60. The summed E-state index contributed by atoms with van der Waals surface area (Å²) in [7, 11) is 0. The number of aliphatic hydroxyl groups is 1. The first-order valence-electron chi connectivity index (χ1n) is 33.7. The third-order valence-electron chi connectivity index (χ3n) is 14.0. The number of unbranched alkanes of at least 4 members (excludes halogenated alkanes) is 24. The Bertz CT molecular complexity index is 1810. The summed E-state index contributed by atoms with van der Waals surface area (Å²) in [6.45, 7) is 4.01. The molecule has 0 amide bonds. The molecule has 82 heavy (non-hydrogen) atoms. The lowest BCUT2D eigenvalue weighted by Gasteiger charge is -2.15. The van der Waals surface area contributed by atoms with Crippen LogP contribution < -0.4 is 0 Å². The summed E-state index contributed by atoms with van der Waals surface area (Å²) in [5.74, 6) is -0.611. The summed E-state index contributed by atoms with van der Waals surface area (Å²) < 4.78 is 10.7. The normalized spacial score (nSPS) is 13.4. The van der Waals surface area contributed by atoms with Crippen LogP contribution in [0.15, 0.2) is 170 Å². The van der Waals surface area contributed by atoms with E-state index in [9.17, 15) is 14.7 Å². The van der Waals surface area contributed by atoms with Crippen LogP contribution >= 0.6 is 0 Å². The second-order valence-electron chi connectivity index (χ2n) is 21.8. The van der Waals surface area contributed by atoms with E-state index in [0.29, 0.717) is 12.8 Å². The number of carbonyl (C=O) groups excluding carboxylic acids is 2. The highest BCUT2D eigenvalue weighted by atomic mass is 16.6. The molecule has 1 unspecified atom stereocenters. The van der Waals surface area contributed by atoms with Gasteiger partial charge in [-0.05, 0) is 135 Å². The number of ether oxygens (including phenoxy) is 2. The van der Waals surface area contributed by atoms with Gasteiger partial charge >= 0.3 is 11.9 Å². The molecule has 0 aliphatic carbocycles. The Hall–Kier alpha value is -4.74. The molecule has 0 aromatic carbocycles. The number of allylic oxidation sites excluding steroid dienone is 28. The fourth-order valence-electron chi connectivity index (χ4n) is 8.98. The summed E-state index contributed by atoms with van der Waals surface area (Å²) in [5.41, 5.74) is 0. The molecule has 0 saturated heterocycles. The van der Waals surface area contributed by atoms with Crippen molar-refractivity contribution in [1.82, 2.24) is 0 Å². The average Bonchev–Trinajstić information content (AvgIpc) is 3.49. The summed E-state index contributed by atoms with van der Waals surface area (Å²) >= 11 is 0. The number of hydrogen-bond acceptors (Lipinski definition) is 5. The minimum Gasteiger partial charge on any atom is -0.462 e. The quantitative estimate of drug-likeness (QED) is 0.0373. The van der Waals surface area contributed by atoms with Gasteiger partial charge in [-0.1, -0.05) is 306 Å². The predicted molar refractivity (Wildman–Crippen MR) is 361 cm³/mol. The summed E-state index contributed by atoms with van der Waals surface area (Å²) in [6.07, 6.45) is 109. The smallest absolute Gasteiger partial charge is 0.306 e. The van der Waals surface area contributed by atoms with E-state index in [1.54, 1.807) is 0 Å². The van der Waals surface area contributed by atoms with Crippen molar-refractivity contribution in [2.45, 2.75) is 290 Å². The van der Waals surface area contributed by atoms with Crippen LogP contribution in [0.2, 0.25) is 0 Å². The molecule has 5 nitrogen and oxygen atoms in total. The molecule has 462 valence electrons. The molecule has 0 aliphatic rings. The lowest BCUT2D eigenvalue weighted by Crippen LogP contribution is -2.28. The molecular formula is C77H124O5. The van der Waals surface area contributed by atoms with Crippen LogP contribution in [0.25, 0.3) is 0 Å². The highest BCUT2D eigenvalue weighted by Gasteiger charge is 2.16. The van der Waals surface area contributed by atoms with Crippen molar-refractivity contribution >= 4 is 11.9 Å². The van der Waals surface area contributed by atoms with E-state index < -0.39 is 6.10 Å². The lowest BCUT2D eigenvalue weighted by atomic mass is 10.0. The Morgan fingerprint density at radius 3 is 0.793 bits per heavy atom. The predicted octanol–water partition coefficient (Wildman–Crippen LogP) is 23.6. The maximum absolute atomic E-state index is 12.4. The third-order valence-corrected chi connectivity index (χ3v) is 14.0. The molecule has 0 radical (unpaired) electrons. The first-order chi connectivity index (χ1) is 40.6. The molecule has 1 N–H and O–H groups in total. The van der Waals surface area contributed by atoms with Gasteiger partial charge in [0.15, 0.2) is 6.10 Å². The lowest BCUT2D eigenvalue weighted by molar-refractivity contribution is -0.161. The topological polar surface area (TPSA) is 72.8 Å². The SMILES string of the molecule is CC/C=C\C/C=C\C/C=C\C/C=C\C/C=C\C/C=C\C/C=C\C/C=C\C/C=C\C/C=C\C/C=C\CCCCCCCCCC(=O)OC(CO)COC(=O)CCCCCCCCCCCCCC/C=C\C/C=C\C/C=C\CCCCCCC. The fraction of sp³-hybridized carbons (Fsp3) is 0.610. The number of carbonyl (C=O) groups is 2. The van der Waals surface area contributed by atoms with Crippen LogP contribution in [0.3, 0.4) is 0 Å². The van der Waals surface area contributed by atoms with Gasteiger partial charge in [-0.25, -0.2) is 0 Å². The molecule has 0 saturated carbocycles. The highest BCUT2D eigenvalue weighted by Crippen LogP contribution is 2.15. The number of hydrogen-bond donors (Lipinski definition) is 1. The van der Waals surface area contributed by atoms with Crippen LogP contribution in [-0.4, -0.2) is 36.4 Å². The molecule has 0 bridgehead atoms. The van der Waals surface area contributed by atoms with E-state index >= 15 is 0 Å². The Balaban J connectivity index is 3.60. The van der Waals surface area contributed by atoms with Crippen molar-refractivity contribution in [2.24, 2.45) is 0 Å². The molecule has 0 aromatic heterocycles. The minimum atomic E-state index is -0.792. The van der Waals surface area contributed by atoms with Crippen LogP contribution in [-0.2, 0) is 19.1 Å². The Morgan fingerprint density at radius 2 is 0.524 bits per heavy atom. The van der Waals surface area contributed by atoms with Crippen LogP contribution in [0, 0.1) is 0 Å². The van der Waals surface area contributed by atoms with E-state index in [4.69, 9.17) is 9.47 Å². The van der Waals surface area contributed by atoms with Gasteiger partial charge in [-0.3, -0.25) is 9.59 Å². The van der Waals surface area contributed by atoms with Crippen molar-refractivity contribution in [2.75, 3.05) is 13.2 Å². The maximum Gasteiger partial charge on any atom is 0.306 e. The highest BCUT2D eigenvalue weighted by molar-refractivity contribution is 5.70. The van der Waals surface area contributed by atoms with Gasteiger partial charge in [0.05, 0.1) is 6.61 Å². The summed E-state index contributed by atoms with van der Waals surface area (Å²) in [4.78, 5) is 24.6.